The number of rotatable bonds is 6. The van der Waals surface area contributed by atoms with Gasteiger partial charge in [0.15, 0.2) is 0 Å². The Bertz CT molecular complexity index is 1990. The summed E-state index contributed by atoms with van der Waals surface area (Å²) in [7, 11) is 1.38. The molecular weight excluding hydrogens is 762 g/mol. The number of nitrogens with zero attached hydrogens (tertiary/aromatic N) is 1. The van der Waals surface area contributed by atoms with Crippen molar-refractivity contribution in [3.05, 3.63) is 64.0 Å². The number of esters is 2. The molecule has 5 bridgehead atoms. The van der Waals surface area contributed by atoms with Crippen molar-refractivity contribution >= 4 is 40.9 Å². The minimum Gasteiger partial charge on any atom is -0.507 e. The van der Waals surface area contributed by atoms with Crippen LogP contribution in [-0.2, 0) is 33.3 Å². The predicted octanol–water partition coefficient (Wildman–Crippen LogP) is 2.58. The summed E-state index contributed by atoms with van der Waals surface area (Å²) in [6.45, 7) is 10.1. The number of phenols is 1. The van der Waals surface area contributed by atoms with Crippen LogP contribution in [0.1, 0.15) is 80.3 Å². The maximum Gasteiger partial charge on any atom is 0.344 e. The number of aliphatic imine (C=N–C) groups is 1. The highest BCUT2D eigenvalue weighted by Gasteiger charge is 2.53. The van der Waals surface area contributed by atoms with E-state index in [0.717, 1.165) is 6.26 Å². The van der Waals surface area contributed by atoms with Crippen LogP contribution in [0.5, 0.6) is 11.5 Å². The number of aliphatic hydroxyl groups excluding tert-OH is 5. The summed E-state index contributed by atoms with van der Waals surface area (Å²) < 4.78 is 28.2. The first-order chi connectivity index (χ1) is 27.1. The van der Waals surface area contributed by atoms with E-state index in [1.807, 2.05) is 0 Å². The molecule has 10 unspecified atom stereocenters. The van der Waals surface area contributed by atoms with Gasteiger partial charge in [-0.2, -0.15) is 0 Å². The monoisotopic (exact) mass is 813 g/mol. The number of hydrogen-bond acceptors (Lipinski definition) is 16. The van der Waals surface area contributed by atoms with E-state index in [4.69, 9.17) is 23.7 Å². The molecule has 0 saturated carbocycles. The Balaban J connectivity index is 1.97. The molecule has 4 aliphatic rings. The molecule has 10 atom stereocenters. The summed E-state index contributed by atoms with van der Waals surface area (Å²) in [5.41, 5.74) is -3.96. The normalized spacial score (nSPS) is 32.0. The number of aliphatic hydroxyl groups is 5. The number of carbonyl (C=O) groups is 5. The Labute approximate surface area is 334 Å². The van der Waals surface area contributed by atoms with Gasteiger partial charge in [0.05, 0.1) is 42.3 Å². The lowest BCUT2D eigenvalue weighted by molar-refractivity contribution is -0.160. The molecule has 17 nitrogen and oxygen atoms in total. The van der Waals surface area contributed by atoms with Gasteiger partial charge < -0.3 is 54.3 Å². The molecule has 3 aliphatic heterocycles. The average molecular weight is 814 g/mol. The fourth-order valence-electron chi connectivity index (χ4n) is 7.14. The maximum absolute atomic E-state index is 14.3. The minimum absolute atomic E-state index is 0.0899. The molecule has 17 heteroatoms. The lowest BCUT2D eigenvalue weighted by Crippen LogP contribution is -2.46. The quantitative estimate of drug-likeness (QED) is 0.225. The molecule has 6 N–H and O–H groups in total. The van der Waals surface area contributed by atoms with Gasteiger partial charge in [-0.1, -0.05) is 45.9 Å². The highest BCUT2D eigenvalue weighted by molar-refractivity contribution is 6.60. The number of Topliss-reactive ketones (excluding diaryl/α,β-unsaturated/α-hetero) is 2. The Hall–Kier alpha value is -5.20. The minimum atomic E-state index is -2.21. The van der Waals surface area contributed by atoms with Gasteiger partial charge in [0.1, 0.15) is 47.4 Å². The molecule has 1 aromatic rings. The lowest BCUT2D eigenvalue weighted by Gasteiger charge is -2.38. The van der Waals surface area contributed by atoms with E-state index in [1.54, 1.807) is 33.8 Å². The van der Waals surface area contributed by atoms with Crippen LogP contribution in [0.2, 0.25) is 0 Å². The third kappa shape index (κ3) is 8.78. The van der Waals surface area contributed by atoms with Crippen LogP contribution in [0.3, 0.4) is 0 Å². The van der Waals surface area contributed by atoms with Gasteiger partial charge in [-0.3, -0.25) is 19.2 Å². The number of ether oxygens (including phenoxy) is 5. The summed E-state index contributed by atoms with van der Waals surface area (Å²) in [5.74, 6) is -12.6. The van der Waals surface area contributed by atoms with Crippen molar-refractivity contribution in [3.63, 3.8) is 0 Å². The van der Waals surface area contributed by atoms with Crippen LogP contribution in [0.25, 0.3) is 5.76 Å². The maximum atomic E-state index is 14.3. The van der Waals surface area contributed by atoms with Crippen LogP contribution in [0.15, 0.2) is 46.7 Å². The molecule has 5 rings (SSSR count). The van der Waals surface area contributed by atoms with Gasteiger partial charge in [0.25, 0.3) is 11.7 Å². The van der Waals surface area contributed by atoms with Crippen molar-refractivity contribution in [2.24, 2.45) is 28.7 Å². The first-order valence-corrected chi connectivity index (χ1v) is 18.6. The third-order valence-corrected chi connectivity index (χ3v) is 10.7. The standard InChI is InChI=1S/C41H51NO16/c1-17-11-10-12-18(2)39(52)42-30-29(40(53)55-16-24(45)15-43)34(49)26-27(35(30)50)33(48)22(6)37-28(26)38(51)41(8,58-37)56-14-13-25(54-9)19(3)36(57-23(7)44)21(5)32(47)20(4)31(17)46/h10-14,17,19-21,24-25,31-32,36,43,45-49H,15-16H2,1-9H3/b11-10+,14-13+,18-12-,42-30?. The molecular formula is C41H51NO16. The Morgan fingerprint density at radius 3 is 2.22 bits per heavy atom. The van der Waals surface area contributed by atoms with Gasteiger partial charge in [0, 0.05) is 61.3 Å². The molecule has 0 fully saturated rings. The Morgan fingerprint density at radius 1 is 0.966 bits per heavy atom. The molecule has 316 valence electrons. The van der Waals surface area contributed by atoms with E-state index in [-0.39, 0.29) is 16.9 Å². The zero-order chi connectivity index (χ0) is 43.5. The third-order valence-electron chi connectivity index (χ3n) is 10.7. The van der Waals surface area contributed by atoms with E-state index < -0.39 is 142 Å². The first-order valence-electron chi connectivity index (χ1n) is 18.6. The van der Waals surface area contributed by atoms with E-state index >= 15 is 0 Å². The van der Waals surface area contributed by atoms with E-state index in [0.29, 0.717) is 0 Å². The van der Waals surface area contributed by atoms with Crippen LogP contribution < -0.4 is 4.74 Å². The Morgan fingerprint density at radius 2 is 1.62 bits per heavy atom. The molecule has 1 aromatic carbocycles. The van der Waals surface area contributed by atoms with Gasteiger partial charge in [-0.15, -0.1) is 0 Å². The number of fused-ring (bicyclic) bond motifs is 13. The van der Waals surface area contributed by atoms with Gasteiger partial charge >= 0.3 is 17.7 Å². The zero-order valence-corrected chi connectivity index (χ0v) is 33.7. The van der Waals surface area contributed by atoms with Crippen molar-refractivity contribution in [2.45, 2.75) is 91.7 Å². The molecule has 0 radical (unpaired) electrons. The number of methoxy groups -OCH3 is 1. The van der Waals surface area contributed by atoms with Crippen LogP contribution >= 0.6 is 0 Å². The largest absolute Gasteiger partial charge is 0.507 e. The van der Waals surface area contributed by atoms with Crippen molar-refractivity contribution in [3.8, 4) is 11.5 Å². The SMILES string of the molecule is COC1/C=C/OC2(C)Oc3c(C)c(O)c4c(c3C2=O)C(O)=C(C(=O)OCC(O)CO)C(=NC(=O)/C(C)=C\C=C\C(C)C(O)C(C)C(O)C(C)C(OC(C)=O)C1C)C4=O. The second kappa shape index (κ2) is 18.2. The van der Waals surface area contributed by atoms with Crippen LogP contribution in [0.4, 0.5) is 0 Å². The summed E-state index contributed by atoms with van der Waals surface area (Å²) in [6.07, 6.45) is 1.05. The van der Waals surface area contributed by atoms with Crippen LogP contribution in [0, 0.1) is 30.6 Å². The number of phenolic OH excluding ortho intramolecular Hbond substituents is 1. The number of hydrogen-bond donors (Lipinski definition) is 6. The highest BCUT2D eigenvalue weighted by atomic mass is 16.7. The van der Waals surface area contributed by atoms with Crippen molar-refractivity contribution < 1.29 is 78.3 Å². The second-order valence-electron chi connectivity index (χ2n) is 14.9. The number of carbonyl (C=O) groups excluding carboxylic acids is 5. The topological polar surface area (TPSA) is 265 Å². The molecule has 1 aliphatic carbocycles. The van der Waals surface area contributed by atoms with Gasteiger partial charge in [0.2, 0.25) is 5.78 Å². The molecule has 58 heavy (non-hydrogen) atoms. The first kappa shape index (κ1) is 45.5. The van der Waals surface area contributed by atoms with E-state index in [2.05, 4.69) is 4.99 Å². The van der Waals surface area contributed by atoms with Gasteiger partial charge in [-0.05, 0) is 19.9 Å². The smallest absolute Gasteiger partial charge is 0.344 e. The zero-order valence-electron chi connectivity index (χ0n) is 33.7. The number of amides is 1. The summed E-state index contributed by atoms with van der Waals surface area (Å²) in [5, 5.41) is 64.9. The molecule has 0 aromatic heterocycles. The van der Waals surface area contributed by atoms with Crippen LogP contribution in [-0.4, -0.2) is 122 Å². The molecule has 3 heterocycles. The van der Waals surface area contributed by atoms with Gasteiger partial charge in [-0.25, -0.2) is 9.79 Å². The summed E-state index contributed by atoms with van der Waals surface area (Å²) in [6, 6.07) is 0. The summed E-state index contributed by atoms with van der Waals surface area (Å²) in [4.78, 5) is 71.6. The van der Waals surface area contributed by atoms with E-state index in [1.165, 1.54) is 53.0 Å². The average Bonchev–Trinajstić information content (AvgIpc) is 3.45. The number of allylic oxidation sites excluding steroid dienone is 2. The van der Waals surface area contributed by atoms with Crippen molar-refractivity contribution in [1.82, 2.24) is 0 Å². The molecule has 0 spiro atoms. The fraction of sp³-hybridized carbons (Fsp3) is 0.512. The number of benzene rings is 1. The lowest BCUT2D eigenvalue weighted by atomic mass is 9.78. The summed E-state index contributed by atoms with van der Waals surface area (Å²) >= 11 is 0. The fourth-order valence-corrected chi connectivity index (χ4v) is 7.14. The Kier molecular flexibility index (Phi) is 14.2. The van der Waals surface area contributed by atoms with Crippen molar-refractivity contribution in [1.29, 1.82) is 0 Å². The van der Waals surface area contributed by atoms with E-state index in [9.17, 15) is 54.6 Å². The highest BCUT2D eigenvalue weighted by Crippen LogP contribution is 2.50. The second-order valence-corrected chi connectivity index (χ2v) is 14.9. The molecule has 0 saturated heterocycles. The number of ketones is 2. The predicted molar refractivity (Wildman–Crippen MR) is 205 cm³/mol. The van der Waals surface area contributed by atoms with Crippen molar-refractivity contribution in [2.75, 3.05) is 20.3 Å². The number of aromatic hydroxyl groups is 1. The molecule has 1 amide bonds.